The van der Waals surface area contributed by atoms with E-state index in [1.54, 1.807) is 31.2 Å². The van der Waals surface area contributed by atoms with Crippen LogP contribution in [0.3, 0.4) is 0 Å². The summed E-state index contributed by atoms with van der Waals surface area (Å²) in [6, 6.07) is 6.31. The lowest BCUT2D eigenvalue weighted by molar-refractivity contribution is 0.601. The van der Waals surface area contributed by atoms with Crippen LogP contribution in [-0.4, -0.2) is 13.4 Å². The van der Waals surface area contributed by atoms with Crippen LogP contribution in [-0.2, 0) is 10.0 Å². The Morgan fingerprint density at radius 1 is 1.44 bits per heavy atom. The quantitative estimate of drug-likeness (QED) is 0.842. The van der Waals surface area contributed by atoms with Gasteiger partial charge >= 0.3 is 0 Å². The number of aryl methyl sites for hydroxylation is 1. The molecule has 0 bridgehead atoms. The summed E-state index contributed by atoms with van der Waals surface area (Å²) in [5.41, 5.74) is 0. The fourth-order valence-electron chi connectivity index (χ4n) is 1.36. The zero-order valence-corrected chi connectivity index (χ0v) is 13.1. The molecule has 0 spiro atoms. The van der Waals surface area contributed by atoms with Crippen LogP contribution >= 0.6 is 38.9 Å². The summed E-state index contributed by atoms with van der Waals surface area (Å²) in [5, 5.41) is 0.235. The first-order chi connectivity index (χ1) is 8.38. The standard InChI is InChI=1S/C10H8BrClN2O2S2/c1-6-7(5-8(11)17-6)18(15,16)14-10-4-2-3-9(12)13-10/h2-5H,1H3,(H,13,14). The van der Waals surface area contributed by atoms with Crippen molar-refractivity contribution in [2.45, 2.75) is 11.8 Å². The Morgan fingerprint density at radius 2 is 2.17 bits per heavy atom. The van der Waals surface area contributed by atoms with Crippen molar-refractivity contribution in [3.05, 3.63) is 38.1 Å². The molecule has 0 radical (unpaired) electrons. The first-order valence-electron chi connectivity index (χ1n) is 4.80. The highest BCUT2D eigenvalue weighted by molar-refractivity contribution is 9.11. The molecule has 0 atom stereocenters. The second-order valence-corrected chi connectivity index (χ2v) is 8.10. The second-order valence-electron chi connectivity index (χ2n) is 3.42. The Labute approximate surface area is 122 Å². The van der Waals surface area contributed by atoms with Gasteiger partial charge in [-0.15, -0.1) is 11.3 Å². The van der Waals surface area contributed by atoms with Gasteiger partial charge in [0.15, 0.2) is 0 Å². The van der Waals surface area contributed by atoms with Gasteiger partial charge in [0.25, 0.3) is 10.0 Å². The molecule has 0 aliphatic heterocycles. The summed E-state index contributed by atoms with van der Waals surface area (Å²) in [4.78, 5) is 4.83. The zero-order chi connectivity index (χ0) is 13.3. The second kappa shape index (κ2) is 5.16. The van der Waals surface area contributed by atoms with Crippen LogP contribution in [0.15, 0.2) is 32.9 Å². The summed E-state index contributed by atoms with van der Waals surface area (Å²) in [6.07, 6.45) is 0. The molecule has 4 nitrogen and oxygen atoms in total. The van der Waals surface area contributed by atoms with Crippen LogP contribution < -0.4 is 4.72 Å². The Balaban J connectivity index is 2.36. The minimum absolute atomic E-state index is 0.198. The monoisotopic (exact) mass is 366 g/mol. The van der Waals surface area contributed by atoms with Crippen LogP contribution in [0.25, 0.3) is 0 Å². The molecule has 0 saturated heterocycles. The lowest BCUT2D eigenvalue weighted by atomic mass is 10.5. The van der Waals surface area contributed by atoms with Crippen LogP contribution in [0.5, 0.6) is 0 Å². The number of nitrogens with one attached hydrogen (secondary N) is 1. The SMILES string of the molecule is Cc1sc(Br)cc1S(=O)(=O)Nc1cccc(Cl)n1. The van der Waals surface area contributed by atoms with Gasteiger partial charge in [0.05, 0.1) is 3.79 Å². The molecule has 2 heterocycles. The van der Waals surface area contributed by atoms with Gasteiger partial charge in [-0.05, 0) is 41.1 Å². The number of pyridine rings is 1. The van der Waals surface area contributed by atoms with E-state index in [9.17, 15) is 8.42 Å². The first-order valence-corrected chi connectivity index (χ1v) is 8.27. The Bertz CT molecular complexity index is 685. The molecule has 96 valence electrons. The van der Waals surface area contributed by atoms with Crippen molar-refractivity contribution in [2.24, 2.45) is 0 Å². The molecular weight excluding hydrogens is 360 g/mol. The molecule has 0 amide bonds. The molecule has 0 unspecified atom stereocenters. The van der Waals surface area contributed by atoms with Crippen LogP contribution in [0.4, 0.5) is 5.82 Å². The fourth-order valence-corrected chi connectivity index (χ4v) is 4.94. The third-order valence-electron chi connectivity index (χ3n) is 2.09. The molecular formula is C10H8BrClN2O2S2. The predicted molar refractivity (Wildman–Crippen MR) is 76.8 cm³/mol. The smallest absolute Gasteiger partial charge is 0.263 e. The van der Waals surface area contributed by atoms with Crippen LogP contribution in [0.2, 0.25) is 5.15 Å². The van der Waals surface area contributed by atoms with Gasteiger partial charge in [-0.3, -0.25) is 4.72 Å². The average Bonchev–Trinajstić information content (AvgIpc) is 2.58. The van der Waals surface area contributed by atoms with E-state index in [1.807, 2.05) is 0 Å². The predicted octanol–water partition coefficient (Wildman–Crippen LogP) is 3.67. The number of anilines is 1. The lowest BCUT2D eigenvalue weighted by Gasteiger charge is -2.06. The molecule has 2 aromatic rings. The lowest BCUT2D eigenvalue weighted by Crippen LogP contribution is -2.14. The summed E-state index contributed by atoms with van der Waals surface area (Å²) < 4.78 is 27.4. The molecule has 0 aliphatic rings. The Kier molecular flexibility index (Phi) is 3.96. The zero-order valence-electron chi connectivity index (χ0n) is 9.15. The van der Waals surface area contributed by atoms with Crippen molar-refractivity contribution in [3.63, 3.8) is 0 Å². The molecule has 2 aromatic heterocycles. The number of aromatic nitrogens is 1. The van der Waals surface area contributed by atoms with E-state index in [4.69, 9.17) is 11.6 Å². The third kappa shape index (κ3) is 3.03. The van der Waals surface area contributed by atoms with E-state index in [0.717, 1.165) is 3.79 Å². The van der Waals surface area contributed by atoms with E-state index in [2.05, 4.69) is 25.6 Å². The third-order valence-corrected chi connectivity index (χ3v) is 5.46. The summed E-state index contributed by atoms with van der Waals surface area (Å²) in [5.74, 6) is 0.198. The van der Waals surface area contributed by atoms with Gasteiger partial charge in [-0.1, -0.05) is 17.7 Å². The van der Waals surface area contributed by atoms with Crippen molar-refractivity contribution >= 4 is 54.7 Å². The van der Waals surface area contributed by atoms with E-state index in [-0.39, 0.29) is 15.9 Å². The summed E-state index contributed by atoms with van der Waals surface area (Å²) >= 11 is 10.3. The van der Waals surface area contributed by atoms with E-state index >= 15 is 0 Å². The van der Waals surface area contributed by atoms with Crippen molar-refractivity contribution in [2.75, 3.05) is 4.72 Å². The average molecular weight is 368 g/mol. The molecule has 0 saturated carbocycles. The van der Waals surface area contributed by atoms with Gasteiger partial charge in [0.1, 0.15) is 15.9 Å². The fraction of sp³-hybridized carbons (Fsp3) is 0.100. The van der Waals surface area contributed by atoms with Crippen LogP contribution in [0.1, 0.15) is 4.88 Å². The summed E-state index contributed by atoms with van der Waals surface area (Å²) in [6.45, 7) is 1.75. The van der Waals surface area contributed by atoms with Gasteiger partial charge < -0.3 is 0 Å². The first kappa shape index (κ1) is 13.8. The minimum atomic E-state index is -3.63. The Morgan fingerprint density at radius 3 is 2.72 bits per heavy atom. The van der Waals surface area contributed by atoms with E-state index in [1.165, 1.54) is 11.3 Å². The molecule has 0 aliphatic carbocycles. The van der Waals surface area contributed by atoms with Gasteiger partial charge in [0.2, 0.25) is 0 Å². The van der Waals surface area contributed by atoms with E-state index in [0.29, 0.717) is 4.88 Å². The summed E-state index contributed by atoms with van der Waals surface area (Å²) in [7, 11) is -3.63. The number of halogens is 2. The number of hydrogen-bond acceptors (Lipinski definition) is 4. The van der Waals surface area contributed by atoms with E-state index < -0.39 is 10.0 Å². The molecule has 0 fully saturated rings. The molecule has 1 N–H and O–H groups in total. The normalized spacial score (nSPS) is 11.5. The van der Waals surface area contributed by atoms with Crippen molar-refractivity contribution in [1.82, 2.24) is 4.98 Å². The number of rotatable bonds is 3. The molecule has 2 rings (SSSR count). The maximum absolute atomic E-state index is 12.1. The number of sulfonamides is 1. The highest BCUT2D eigenvalue weighted by Crippen LogP contribution is 2.30. The molecule has 8 heteroatoms. The molecule has 18 heavy (non-hydrogen) atoms. The maximum atomic E-state index is 12.1. The number of thiophene rings is 1. The topological polar surface area (TPSA) is 59.1 Å². The molecule has 0 aromatic carbocycles. The number of hydrogen-bond donors (Lipinski definition) is 1. The van der Waals surface area contributed by atoms with Gasteiger partial charge in [-0.25, -0.2) is 13.4 Å². The Hall–Kier alpha value is -0.630. The number of nitrogens with zero attached hydrogens (tertiary/aromatic N) is 1. The van der Waals surface area contributed by atoms with Crippen molar-refractivity contribution < 1.29 is 8.42 Å². The van der Waals surface area contributed by atoms with Crippen molar-refractivity contribution in [3.8, 4) is 0 Å². The minimum Gasteiger partial charge on any atom is -0.263 e. The largest absolute Gasteiger partial charge is 0.264 e. The van der Waals surface area contributed by atoms with Gasteiger partial charge in [0, 0.05) is 4.88 Å². The highest BCUT2D eigenvalue weighted by Gasteiger charge is 2.20. The van der Waals surface area contributed by atoms with Crippen molar-refractivity contribution in [1.29, 1.82) is 0 Å². The van der Waals surface area contributed by atoms with Crippen LogP contribution in [0, 0.1) is 6.92 Å². The van der Waals surface area contributed by atoms with Gasteiger partial charge in [-0.2, -0.15) is 0 Å². The maximum Gasteiger partial charge on any atom is 0.264 e. The highest BCUT2D eigenvalue weighted by atomic mass is 79.9.